The van der Waals surface area contributed by atoms with Crippen LogP contribution in [0.1, 0.15) is 29.9 Å². The van der Waals surface area contributed by atoms with E-state index in [1.54, 1.807) is 26.0 Å². The van der Waals surface area contributed by atoms with E-state index in [4.69, 9.17) is 5.11 Å². The van der Waals surface area contributed by atoms with Crippen LogP contribution in [-0.4, -0.2) is 34.1 Å². The van der Waals surface area contributed by atoms with Crippen molar-refractivity contribution >= 4 is 10.0 Å². The Kier molecular flexibility index (Phi) is 4.12. The molecule has 2 aromatic rings. The van der Waals surface area contributed by atoms with Crippen molar-refractivity contribution in [3.8, 4) is 0 Å². The average molecular weight is 297 g/mol. The summed E-state index contributed by atoms with van der Waals surface area (Å²) in [7, 11) is -3.73. The van der Waals surface area contributed by atoms with Crippen molar-refractivity contribution in [3.05, 3.63) is 35.2 Å². The summed E-state index contributed by atoms with van der Waals surface area (Å²) in [6.45, 7) is 3.09. The second kappa shape index (κ2) is 5.65. The molecule has 0 saturated carbocycles. The number of aliphatic hydroxyl groups excluding tert-OH is 1. The lowest BCUT2D eigenvalue weighted by Crippen LogP contribution is -2.28. The van der Waals surface area contributed by atoms with Crippen LogP contribution >= 0.6 is 0 Å². The van der Waals surface area contributed by atoms with Crippen LogP contribution in [0.15, 0.2) is 23.1 Å². The third-order valence-electron chi connectivity index (χ3n) is 2.81. The molecule has 0 amide bonds. The third-order valence-corrected chi connectivity index (χ3v) is 4.49. The van der Waals surface area contributed by atoms with Crippen molar-refractivity contribution in [3.63, 3.8) is 0 Å². The lowest BCUT2D eigenvalue weighted by atomic mass is 10.2. The number of nitrogens with zero attached hydrogens (tertiary/aromatic N) is 3. The maximum absolute atomic E-state index is 12.3. The zero-order valence-electron chi connectivity index (χ0n) is 11.0. The monoisotopic (exact) mass is 297 g/mol. The Morgan fingerprint density at radius 3 is 2.80 bits per heavy atom. The molecule has 0 aliphatic heterocycles. The molecule has 0 fully saturated rings. The Hall–Kier alpha value is -1.84. The van der Waals surface area contributed by atoms with Gasteiger partial charge in [0.05, 0.1) is 17.5 Å². The quantitative estimate of drug-likeness (QED) is 0.716. The summed E-state index contributed by atoms with van der Waals surface area (Å²) in [6, 6.07) is 4.16. The molecule has 0 bridgehead atoms. The van der Waals surface area contributed by atoms with Gasteiger partial charge in [-0.1, -0.05) is 17.3 Å². The second-order valence-electron chi connectivity index (χ2n) is 4.37. The maximum Gasteiger partial charge on any atom is 0.241 e. The number of hydrogen-bond donors (Lipinski definition) is 3. The van der Waals surface area contributed by atoms with Crippen LogP contribution in [0, 0.1) is 6.92 Å². The van der Waals surface area contributed by atoms with Crippen LogP contribution in [0.5, 0.6) is 0 Å². The van der Waals surface area contributed by atoms with E-state index in [-0.39, 0.29) is 17.3 Å². The zero-order valence-corrected chi connectivity index (χ0v) is 11.8. The number of H-pyrrole nitrogens is 1. The van der Waals surface area contributed by atoms with Gasteiger partial charge in [-0.3, -0.25) is 0 Å². The number of aryl methyl sites for hydroxylation is 1. The zero-order chi connectivity index (χ0) is 14.8. The van der Waals surface area contributed by atoms with Gasteiger partial charge in [-0.05, 0) is 31.0 Å². The van der Waals surface area contributed by atoms with Gasteiger partial charge < -0.3 is 5.11 Å². The van der Waals surface area contributed by atoms with Gasteiger partial charge in [-0.15, -0.1) is 10.2 Å². The first kappa shape index (κ1) is 14.6. The highest BCUT2D eigenvalue weighted by Gasteiger charge is 2.22. The van der Waals surface area contributed by atoms with E-state index < -0.39 is 16.1 Å². The number of aromatic amines is 1. The highest BCUT2D eigenvalue weighted by Crippen LogP contribution is 2.19. The van der Waals surface area contributed by atoms with Crippen molar-refractivity contribution in [2.24, 2.45) is 0 Å². The maximum atomic E-state index is 12.3. The molecule has 1 unspecified atom stereocenters. The molecule has 20 heavy (non-hydrogen) atoms. The standard InChI is InChI=1S/C11H15N5O3S/c1-7-3-4-9(6-17)5-10(7)20(18,19)14-8(2)11-12-15-16-13-11/h3-5,8,14,17H,6H2,1-2H3,(H,12,13,15,16). The molecule has 1 heterocycles. The molecule has 0 aliphatic carbocycles. The number of aromatic nitrogens is 4. The van der Waals surface area contributed by atoms with Gasteiger partial charge in [0.15, 0.2) is 5.82 Å². The molecule has 1 atom stereocenters. The Labute approximate surface area is 116 Å². The predicted molar refractivity (Wildman–Crippen MR) is 70.0 cm³/mol. The lowest BCUT2D eigenvalue weighted by Gasteiger charge is -2.13. The SMILES string of the molecule is Cc1ccc(CO)cc1S(=O)(=O)NC(C)c1nn[nH]n1. The number of benzene rings is 1. The minimum atomic E-state index is -3.73. The van der Waals surface area contributed by atoms with Crippen LogP contribution in [0.4, 0.5) is 0 Å². The Bertz CT molecular complexity index is 684. The molecule has 0 spiro atoms. The van der Waals surface area contributed by atoms with E-state index in [9.17, 15) is 8.42 Å². The van der Waals surface area contributed by atoms with Crippen molar-refractivity contribution < 1.29 is 13.5 Å². The smallest absolute Gasteiger partial charge is 0.241 e. The van der Waals surface area contributed by atoms with Gasteiger partial charge in [0, 0.05) is 0 Å². The van der Waals surface area contributed by atoms with E-state index in [1.165, 1.54) is 6.07 Å². The molecular formula is C11H15N5O3S. The first-order valence-electron chi connectivity index (χ1n) is 5.90. The summed E-state index contributed by atoms with van der Waals surface area (Å²) in [6.07, 6.45) is 0. The molecule has 9 heteroatoms. The lowest BCUT2D eigenvalue weighted by molar-refractivity contribution is 0.281. The van der Waals surface area contributed by atoms with Gasteiger partial charge in [-0.2, -0.15) is 5.21 Å². The Balaban J connectivity index is 2.31. The van der Waals surface area contributed by atoms with Crippen molar-refractivity contribution in [2.45, 2.75) is 31.4 Å². The number of hydrogen-bond acceptors (Lipinski definition) is 6. The largest absolute Gasteiger partial charge is 0.392 e. The molecule has 108 valence electrons. The van der Waals surface area contributed by atoms with E-state index >= 15 is 0 Å². The van der Waals surface area contributed by atoms with Gasteiger partial charge >= 0.3 is 0 Å². The average Bonchev–Trinajstić information content (AvgIpc) is 2.92. The van der Waals surface area contributed by atoms with E-state index in [0.717, 1.165) is 0 Å². The van der Waals surface area contributed by atoms with Crippen LogP contribution in [0.2, 0.25) is 0 Å². The summed E-state index contributed by atoms with van der Waals surface area (Å²) in [5.41, 5.74) is 1.12. The summed E-state index contributed by atoms with van der Waals surface area (Å²) in [5.74, 6) is 0.254. The minimum Gasteiger partial charge on any atom is -0.392 e. The molecule has 0 aliphatic rings. The van der Waals surface area contributed by atoms with Gasteiger partial charge in [0.25, 0.3) is 0 Å². The minimum absolute atomic E-state index is 0.124. The fraction of sp³-hybridized carbons (Fsp3) is 0.364. The van der Waals surface area contributed by atoms with E-state index in [0.29, 0.717) is 11.1 Å². The fourth-order valence-corrected chi connectivity index (χ4v) is 3.23. The first-order valence-corrected chi connectivity index (χ1v) is 7.38. The predicted octanol–water partition coefficient (Wildman–Crippen LogP) is 0.0399. The molecule has 2 rings (SSSR count). The van der Waals surface area contributed by atoms with Crippen molar-refractivity contribution in [2.75, 3.05) is 0 Å². The number of tetrazole rings is 1. The van der Waals surface area contributed by atoms with E-state index in [1.807, 2.05) is 0 Å². The van der Waals surface area contributed by atoms with E-state index in [2.05, 4.69) is 25.3 Å². The summed E-state index contributed by atoms with van der Waals surface area (Å²) >= 11 is 0. The normalized spacial score (nSPS) is 13.3. The second-order valence-corrected chi connectivity index (χ2v) is 6.05. The highest BCUT2D eigenvalue weighted by atomic mass is 32.2. The third kappa shape index (κ3) is 3.00. The molecule has 0 saturated heterocycles. The van der Waals surface area contributed by atoms with Crippen LogP contribution in [0.3, 0.4) is 0 Å². The summed E-state index contributed by atoms with van der Waals surface area (Å²) in [4.78, 5) is 0.124. The van der Waals surface area contributed by atoms with Crippen molar-refractivity contribution in [1.82, 2.24) is 25.3 Å². The summed E-state index contributed by atoms with van der Waals surface area (Å²) in [5, 5.41) is 22.2. The number of rotatable bonds is 5. The van der Waals surface area contributed by atoms with Gasteiger partial charge in [0.1, 0.15) is 0 Å². The van der Waals surface area contributed by atoms with Gasteiger partial charge in [0.2, 0.25) is 10.0 Å². The molecule has 0 radical (unpaired) electrons. The first-order chi connectivity index (χ1) is 9.44. The molecule has 1 aromatic carbocycles. The number of sulfonamides is 1. The van der Waals surface area contributed by atoms with Crippen molar-refractivity contribution in [1.29, 1.82) is 0 Å². The Morgan fingerprint density at radius 1 is 1.45 bits per heavy atom. The number of aliphatic hydroxyl groups is 1. The van der Waals surface area contributed by atoms with Crippen LogP contribution in [0.25, 0.3) is 0 Å². The molecule has 1 aromatic heterocycles. The molecule has 8 nitrogen and oxygen atoms in total. The highest BCUT2D eigenvalue weighted by molar-refractivity contribution is 7.89. The van der Waals surface area contributed by atoms with Crippen LogP contribution in [-0.2, 0) is 16.6 Å². The summed E-state index contributed by atoms with van der Waals surface area (Å²) < 4.78 is 27.2. The fourth-order valence-electron chi connectivity index (χ4n) is 1.73. The van der Waals surface area contributed by atoms with Gasteiger partial charge in [-0.25, -0.2) is 13.1 Å². The molecule has 3 N–H and O–H groups in total. The topological polar surface area (TPSA) is 121 Å². The number of nitrogens with one attached hydrogen (secondary N) is 2. The van der Waals surface area contributed by atoms with Crippen LogP contribution < -0.4 is 4.72 Å². The molecular weight excluding hydrogens is 282 g/mol. The Morgan fingerprint density at radius 2 is 2.20 bits per heavy atom.